The molecule has 23 heavy (non-hydrogen) atoms. The fourth-order valence-electron chi connectivity index (χ4n) is 1.92. The zero-order chi connectivity index (χ0) is 16.2. The second kappa shape index (κ2) is 7.17. The zero-order valence-electron chi connectivity index (χ0n) is 11.8. The van der Waals surface area contributed by atoms with E-state index in [1.807, 2.05) is 36.4 Å². The lowest BCUT2D eigenvalue weighted by Crippen LogP contribution is -2.10. The summed E-state index contributed by atoms with van der Waals surface area (Å²) >= 11 is 10.8. The molecule has 0 saturated heterocycles. The molecule has 0 fully saturated rings. The normalized spacial score (nSPS) is 10.3. The minimum absolute atomic E-state index is 0.208. The topological polar surface area (TPSA) is 38.3 Å². The number of nitrogens with one attached hydrogen (secondary N) is 1. The first kappa shape index (κ1) is 16.1. The van der Waals surface area contributed by atoms with E-state index >= 15 is 0 Å². The van der Waals surface area contributed by atoms with Crippen LogP contribution in [0.4, 0.5) is 5.69 Å². The van der Waals surface area contributed by atoms with Crippen LogP contribution in [0.15, 0.2) is 64.5 Å². The molecular formula is C17H11BrClNO2S. The van der Waals surface area contributed by atoms with E-state index in [0.29, 0.717) is 27.1 Å². The van der Waals surface area contributed by atoms with E-state index < -0.39 is 0 Å². The number of amides is 1. The summed E-state index contributed by atoms with van der Waals surface area (Å²) in [6.45, 7) is 0. The van der Waals surface area contributed by atoms with Crippen LogP contribution in [-0.4, -0.2) is 5.91 Å². The van der Waals surface area contributed by atoms with E-state index in [0.717, 1.165) is 3.79 Å². The van der Waals surface area contributed by atoms with Gasteiger partial charge in [-0.15, -0.1) is 11.3 Å². The van der Waals surface area contributed by atoms with Gasteiger partial charge >= 0.3 is 0 Å². The number of hydrogen-bond donors (Lipinski definition) is 1. The molecule has 1 aromatic heterocycles. The minimum Gasteiger partial charge on any atom is -0.455 e. The van der Waals surface area contributed by atoms with Crippen LogP contribution in [0.25, 0.3) is 0 Å². The molecule has 3 aromatic rings. The summed E-state index contributed by atoms with van der Waals surface area (Å²) in [5.41, 5.74) is 0.524. The van der Waals surface area contributed by atoms with Gasteiger partial charge in [-0.25, -0.2) is 0 Å². The van der Waals surface area contributed by atoms with Gasteiger partial charge in [-0.1, -0.05) is 29.8 Å². The molecule has 3 rings (SSSR count). The quantitative estimate of drug-likeness (QED) is 0.557. The molecular weight excluding hydrogens is 398 g/mol. The van der Waals surface area contributed by atoms with Crippen molar-refractivity contribution < 1.29 is 9.53 Å². The van der Waals surface area contributed by atoms with Crippen LogP contribution < -0.4 is 10.1 Å². The minimum atomic E-state index is -0.208. The molecule has 1 heterocycles. The fraction of sp³-hybridized carbons (Fsp3) is 0. The van der Waals surface area contributed by atoms with Crippen LogP contribution in [0, 0.1) is 0 Å². The maximum Gasteiger partial charge on any atom is 0.265 e. The Labute approximate surface area is 151 Å². The van der Waals surface area contributed by atoms with Gasteiger partial charge in [0.15, 0.2) is 5.75 Å². The molecule has 3 nitrogen and oxygen atoms in total. The van der Waals surface area contributed by atoms with Crippen LogP contribution in [-0.2, 0) is 0 Å². The van der Waals surface area contributed by atoms with E-state index in [4.69, 9.17) is 16.3 Å². The van der Waals surface area contributed by atoms with Crippen molar-refractivity contribution in [2.45, 2.75) is 0 Å². The summed E-state index contributed by atoms with van der Waals surface area (Å²) in [6, 6.07) is 18.1. The molecule has 2 aromatic carbocycles. The largest absolute Gasteiger partial charge is 0.455 e. The van der Waals surface area contributed by atoms with E-state index in [-0.39, 0.29) is 5.91 Å². The van der Waals surface area contributed by atoms with Crippen molar-refractivity contribution >= 4 is 50.5 Å². The lowest BCUT2D eigenvalue weighted by Gasteiger charge is -2.12. The number of anilines is 1. The number of benzene rings is 2. The molecule has 0 aliphatic carbocycles. The Morgan fingerprint density at radius 3 is 2.57 bits per heavy atom. The molecule has 0 aliphatic rings. The second-order valence-electron chi connectivity index (χ2n) is 4.61. The number of rotatable bonds is 4. The van der Waals surface area contributed by atoms with Gasteiger partial charge in [-0.05, 0) is 58.4 Å². The number of carbonyl (C=O) groups is 1. The highest BCUT2D eigenvalue weighted by atomic mass is 79.9. The Morgan fingerprint density at radius 1 is 1.09 bits per heavy atom. The number of para-hydroxylation sites is 1. The third-order valence-corrected chi connectivity index (χ3v) is 4.82. The van der Waals surface area contributed by atoms with Gasteiger partial charge in [0.05, 0.1) is 14.4 Å². The van der Waals surface area contributed by atoms with E-state index in [1.54, 1.807) is 24.3 Å². The number of halogens is 2. The van der Waals surface area contributed by atoms with E-state index in [1.165, 1.54) is 11.3 Å². The average Bonchev–Trinajstić information content (AvgIpc) is 2.98. The van der Waals surface area contributed by atoms with Crippen molar-refractivity contribution in [3.63, 3.8) is 0 Å². The van der Waals surface area contributed by atoms with Gasteiger partial charge in [-0.3, -0.25) is 4.79 Å². The lowest BCUT2D eigenvalue weighted by atomic mass is 10.2. The lowest BCUT2D eigenvalue weighted by molar-refractivity contribution is 0.103. The van der Waals surface area contributed by atoms with Gasteiger partial charge in [0.25, 0.3) is 5.91 Å². The Morgan fingerprint density at radius 2 is 1.87 bits per heavy atom. The van der Waals surface area contributed by atoms with Crippen LogP contribution in [0.3, 0.4) is 0 Å². The monoisotopic (exact) mass is 407 g/mol. The van der Waals surface area contributed by atoms with E-state index in [2.05, 4.69) is 21.2 Å². The van der Waals surface area contributed by atoms with E-state index in [9.17, 15) is 4.79 Å². The summed E-state index contributed by atoms with van der Waals surface area (Å²) in [6.07, 6.45) is 0. The molecule has 0 spiro atoms. The first-order chi connectivity index (χ1) is 11.1. The third-order valence-electron chi connectivity index (χ3n) is 2.96. The predicted octanol–water partition coefficient (Wildman–Crippen LogP) is 6.21. The van der Waals surface area contributed by atoms with Crippen LogP contribution in [0.5, 0.6) is 11.5 Å². The smallest absolute Gasteiger partial charge is 0.265 e. The molecule has 0 saturated carbocycles. The van der Waals surface area contributed by atoms with Crippen molar-refractivity contribution in [1.29, 1.82) is 0 Å². The Hall–Kier alpha value is -1.82. The maximum atomic E-state index is 12.3. The summed E-state index contributed by atoms with van der Waals surface area (Å²) in [5, 5.41) is 3.36. The van der Waals surface area contributed by atoms with Gasteiger partial charge in [0.2, 0.25) is 0 Å². The maximum absolute atomic E-state index is 12.3. The zero-order valence-corrected chi connectivity index (χ0v) is 14.9. The molecule has 0 aliphatic heterocycles. The number of hydrogen-bond acceptors (Lipinski definition) is 3. The predicted molar refractivity (Wildman–Crippen MR) is 97.9 cm³/mol. The third kappa shape index (κ3) is 4.13. The average molecular weight is 409 g/mol. The Kier molecular flexibility index (Phi) is 5.00. The Bertz CT molecular complexity index is 836. The van der Waals surface area contributed by atoms with Gasteiger partial charge in [0.1, 0.15) is 5.75 Å². The van der Waals surface area contributed by atoms with Crippen LogP contribution in [0.1, 0.15) is 9.67 Å². The molecule has 1 N–H and O–H groups in total. The summed E-state index contributed by atoms with van der Waals surface area (Å²) in [5.74, 6) is 1.01. The summed E-state index contributed by atoms with van der Waals surface area (Å²) < 4.78 is 6.72. The first-order valence-electron chi connectivity index (χ1n) is 6.71. The van der Waals surface area contributed by atoms with Crippen LogP contribution >= 0.6 is 38.9 Å². The highest BCUT2D eigenvalue weighted by Crippen LogP contribution is 2.33. The molecule has 1 amide bonds. The first-order valence-corrected chi connectivity index (χ1v) is 8.70. The number of thiophene rings is 1. The highest BCUT2D eigenvalue weighted by molar-refractivity contribution is 9.11. The molecule has 116 valence electrons. The van der Waals surface area contributed by atoms with Gasteiger partial charge in [0, 0.05) is 5.02 Å². The van der Waals surface area contributed by atoms with Crippen molar-refractivity contribution in [2.24, 2.45) is 0 Å². The van der Waals surface area contributed by atoms with Gasteiger partial charge in [-0.2, -0.15) is 0 Å². The molecule has 0 radical (unpaired) electrons. The summed E-state index contributed by atoms with van der Waals surface area (Å²) in [4.78, 5) is 12.9. The number of ether oxygens (including phenoxy) is 1. The van der Waals surface area contributed by atoms with Gasteiger partial charge < -0.3 is 10.1 Å². The SMILES string of the molecule is O=C(Nc1cc(Cl)ccc1Oc1ccccc1)c1ccc(Br)s1. The van der Waals surface area contributed by atoms with Crippen LogP contribution in [0.2, 0.25) is 5.02 Å². The second-order valence-corrected chi connectivity index (χ2v) is 7.51. The van der Waals surface area contributed by atoms with Crippen molar-refractivity contribution in [1.82, 2.24) is 0 Å². The standard InChI is InChI=1S/C17H11BrClNO2S/c18-16-9-8-15(23-16)17(21)20-13-10-11(19)6-7-14(13)22-12-4-2-1-3-5-12/h1-10H,(H,20,21). The molecule has 6 heteroatoms. The number of carbonyl (C=O) groups excluding carboxylic acids is 1. The summed E-state index contributed by atoms with van der Waals surface area (Å²) in [7, 11) is 0. The van der Waals surface area contributed by atoms with Crippen molar-refractivity contribution in [2.75, 3.05) is 5.32 Å². The highest BCUT2D eigenvalue weighted by Gasteiger charge is 2.13. The van der Waals surface area contributed by atoms with Crippen molar-refractivity contribution in [3.05, 3.63) is 74.3 Å². The Balaban J connectivity index is 1.86. The molecule has 0 bridgehead atoms. The molecule has 0 atom stereocenters. The fourth-order valence-corrected chi connectivity index (χ4v) is 3.38. The van der Waals surface area contributed by atoms with Crippen molar-refractivity contribution in [3.8, 4) is 11.5 Å². The molecule has 0 unspecified atom stereocenters.